The molecule has 0 rings (SSSR count). The van der Waals surface area contributed by atoms with Gasteiger partial charge in [-0.2, -0.15) is 0 Å². The Kier molecular flexibility index (Phi) is 74.1. The Bertz CT molecular complexity index is 1980. The van der Waals surface area contributed by atoms with Crippen molar-refractivity contribution in [3.63, 3.8) is 0 Å². The van der Waals surface area contributed by atoms with Gasteiger partial charge in [0.1, 0.15) is 19.3 Å². The van der Waals surface area contributed by atoms with Crippen LogP contribution in [0.4, 0.5) is 0 Å². The molecule has 3 N–H and O–H groups in total. The summed E-state index contributed by atoms with van der Waals surface area (Å²) in [5, 5.41) is 10.7. The maximum absolute atomic E-state index is 13.1. The average molecular weight is 1510 g/mol. The maximum atomic E-state index is 13.1. The third-order valence-corrected chi connectivity index (χ3v) is 21.6. The number of carbonyl (C=O) groups is 4. The van der Waals surface area contributed by atoms with Gasteiger partial charge in [0.05, 0.1) is 26.4 Å². The van der Waals surface area contributed by atoms with Gasteiger partial charge < -0.3 is 33.8 Å². The minimum atomic E-state index is -4.96. The van der Waals surface area contributed by atoms with E-state index >= 15 is 0 Å². The Morgan fingerprint density at radius 2 is 0.447 bits per heavy atom. The molecule has 103 heavy (non-hydrogen) atoms. The Morgan fingerprint density at radius 3 is 0.660 bits per heavy atom. The molecule has 0 aromatic heterocycles. The Morgan fingerprint density at radius 1 is 0.262 bits per heavy atom. The van der Waals surface area contributed by atoms with E-state index in [1.54, 1.807) is 0 Å². The van der Waals surface area contributed by atoms with Crippen LogP contribution in [0.5, 0.6) is 0 Å². The lowest BCUT2D eigenvalue weighted by Crippen LogP contribution is -2.30. The zero-order chi connectivity index (χ0) is 75.6. The molecule has 0 saturated carbocycles. The van der Waals surface area contributed by atoms with E-state index in [1.807, 2.05) is 0 Å². The molecule has 0 amide bonds. The second kappa shape index (κ2) is 75.5. The molecule has 5 atom stereocenters. The molecule has 0 aromatic rings. The largest absolute Gasteiger partial charge is 0.472 e. The molecule has 0 aromatic carbocycles. The number of phosphoric acid groups is 2. The van der Waals surface area contributed by atoms with Crippen molar-refractivity contribution < 1.29 is 80.2 Å². The molecule has 0 spiro atoms. The summed E-state index contributed by atoms with van der Waals surface area (Å²) in [6, 6.07) is 0. The molecule has 0 saturated heterocycles. The minimum Gasteiger partial charge on any atom is -0.462 e. The quantitative estimate of drug-likeness (QED) is 0.0222. The van der Waals surface area contributed by atoms with Gasteiger partial charge in [-0.05, 0) is 37.5 Å². The van der Waals surface area contributed by atoms with Crippen LogP contribution in [-0.4, -0.2) is 96.7 Å². The summed E-state index contributed by atoms with van der Waals surface area (Å²) in [7, 11) is -9.93. The predicted octanol–water partition coefficient (Wildman–Crippen LogP) is 25.5. The van der Waals surface area contributed by atoms with Gasteiger partial charge in [0.25, 0.3) is 0 Å². The van der Waals surface area contributed by atoms with Crippen molar-refractivity contribution in [3.05, 3.63) is 0 Å². The van der Waals surface area contributed by atoms with Gasteiger partial charge >= 0.3 is 39.5 Å². The zero-order valence-electron chi connectivity index (χ0n) is 67.6. The Hall–Kier alpha value is -1.94. The molecular weight excluding hydrogens is 1340 g/mol. The van der Waals surface area contributed by atoms with E-state index < -0.39 is 97.5 Å². The SMILES string of the molecule is CCCCCCCCCCCCCCCCCCC(=O)O[C@H](COC(=O)CCCCCCCCCCCCCCC)COP(=O)(O)OC[C@H](O)COP(=O)(O)OC[C@@H](COC(=O)CCCCCCCCCCCCCCCCC(C)C)OC(=O)CCCCCCCCCCCCCCCCC(C)C. The molecule has 0 aliphatic heterocycles. The van der Waals surface area contributed by atoms with Crippen molar-refractivity contribution in [3.8, 4) is 0 Å². The number of aliphatic hydroxyl groups excluding tert-OH is 1. The number of hydrogen-bond acceptors (Lipinski definition) is 15. The molecule has 0 bridgehead atoms. The molecule has 0 aliphatic carbocycles. The monoisotopic (exact) mass is 1510 g/mol. The van der Waals surface area contributed by atoms with E-state index in [-0.39, 0.29) is 25.7 Å². The third-order valence-electron chi connectivity index (χ3n) is 19.7. The summed E-state index contributed by atoms with van der Waals surface area (Å²) in [6.07, 6.45) is 66.4. The summed E-state index contributed by atoms with van der Waals surface area (Å²) in [5.41, 5.74) is 0. The van der Waals surface area contributed by atoms with E-state index in [0.29, 0.717) is 25.7 Å². The number of aliphatic hydroxyl groups is 1. The molecule has 0 radical (unpaired) electrons. The van der Waals surface area contributed by atoms with Gasteiger partial charge in [0.2, 0.25) is 0 Å². The molecule has 0 aliphatic rings. The van der Waals surface area contributed by atoms with Crippen molar-refractivity contribution in [1.29, 1.82) is 0 Å². The average Bonchev–Trinajstić information content (AvgIpc) is 0.933. The number of rotatable bonds is 83. The number of ether oxygens (including phenoxy) is 4. The highest BCUT2D eigenvalue weighted by Crippen LogP contribution is 2.45. The molecule has 17 nitrogen and oxygen atoms in total. The Labute approximate surface area is 632 Å². The molecular formula is C84H164O17P2. The zero-order valence-corrected chi connectivity index (χ0v) is 69.4. The smallest absolute Gasteiger partial charge is 0.462 e. The van der Waals surface area contributed by atoms with Gasteiger partial charge in [-0.15, -0.1) is 0 Å². The minimum absolute atomic E-state index is 0.108. The highest BCUT2D eigenvalue weighted by atomic mass is 31.2. The standard InChI is InChI=1S/C84H164O17P2/c1-7-9-11-13-15-17-19-21-22-23-32-38-44-50-56-62-68-83(88)100-79(72-94-81(86)66-60-54-48-42-36-28-20-18-16-14-12-10-8-2)74-98-102(90,91)96-70-78(85)71-97-103(92,93)99-75-80(101-84(89)69-63-57-51-45-39-33-27-25-30-35-41-47-53-59-65-77(5)6)73-95-82(87)67-61-55-49-43-37-31-26-24-29-34-40-46-52-58-64-76(3)4/h76-80,85H,7-75H2,1-6H3,(H,90,91)(H,92,93)/t78-,79+,80+/m0/s1. The fourth-order valence-corrected chi connectivity index (χ4v) is 14.6. The Balaban J connectivity index is 5.27. The molecule has 0 fully saturated rings. The van der Waals surface area contributed by atoms with Crippen LogP contribution in [-0.2, 0) is 65.4 Å². The fourth-order valence-electron chi connectivity index (χ4n) is 13.1. The van der Waals surface area contributed by atoms with Crippen LogP contribution in [0.1, 0.15) is 446 Å². The molecule has 612 valence electrons. The molecule has 2 unspecified atom stereocenters. The van der Waals surface area contributed by atoms with Crippen LogP contribution in [0.2, 0.25) is 0 Å². The predicted molar refractivity (Wildman–Crippen MR) is 423 cm³/mol. The fraction of sp³-hybridized carbons (Fsp3) is 0.952. The van der Waals surface area contributed by atoms with Crippen molar-refractivity contribution in [2.75, 3.05) is 39.6 Å². The number of phosphoric ester groups is 2. The number of unbranched alkanes of at least 4 members (excludes halogenated alkanes) is 53. The lowest BCUT2D eigenvalue weighted by molar-refractivity contribution is -0.161. The topological polar surface area (TPSA) is 237 Å². The van der Waals surface area contributed by atoms with Crippen LogP contribution >= 0.6 is 15.6 Å². The lowest BCUT2D eigenvalue weighted by Gasteiger charge is -2.21. The maximum Gasteiger partial charge on any atom is 0.472 e. The summed E-state index contributed by atoms with van der Waals surface area (Å²) >= 11 is 0. The number of esters is 4. The lowest BCUT2D eigenvalue weighted by atomic mass is 10.0. The van der Waals surface area contributed by atoms with Gasteiger partial charge in [-0.3, -0.25) is 37.3 Å². The second-order valence-corrected chi connectivity index (χ2v) is 34.1. The van der Waals surface area contributed by atoms with Gasteiger partial charge in [-0.25, -0.2) is 9.13 Å². The first-order valence-corrected chi connectivity index (χ1v) is 46.5. The molecule has 0 heterocycles. The van der Waals surface area contributed by atoms with E-state index in [2.05, 4.69) is 41.5 Å². The van der Waals surface area contributed by atoms with Crippen LogP contribution in [0.15, 0.2) is 0 Å². The highest BCUT2D eigenvalue weighted by Gasteiger charge is 2.30. The van der Waals surface area contributed by atoms with E-state index in [1.165, 1.54) is 263 Å². The van der Waals surface area contributed by atoms with Crippen LogP contribution in [0.3, 0.4) is 0 Å². The summed E-state index contributed by atoms with van der Waals surface area (Å²) in [5.74, 6) is -0.507. The third kappa shape index (κ3) is 78.0. The van der Waals surface area contributed by atoms with Crippen molar-refractivity contribution in [2.24, 2.45) is 11.8 Å². The van der Waals surface area contributed by atoms with Crippen LogP contribution in [0, 0.1) is 11.8 Å². The first-order valence-electron chi connectivity index (χ1n) is 43.5. The van der Waals surface area contributed by atoms with Crippen LogP contribution < -0.4 is 0 Å². The van der Waals surface area contributed by atoms with E-state index in [4.69, 9.17) is 37.0 Å². The van der Waals surface area contributed by atoms with Crippen molar-refractivity contribution in [1.82, 2.24) is 0 Å². The van der Waals surface area contributed by atoms with Gasteiger partial charge in [0, 0.05) is 25.7 Å². The van der Waals surface area contributed by atoms with E-state index in [0.717, 1.165) is 102 Å². The van der Waals surface area contributed by atoms with Crippen LogP contribution in [0.25, 0.3) is 0 Å². The number of hydrogen-bond donors (Lipinski definition) is 3. The summed E-state index contributed by atoms with van der Waals surface area (Å²) in [6.45, 7) is 9.71. The summed E-state index contributed by atoms with van der Waals surface area (Å²) < 4.78 is 68.9. The normalized spacial score (nSPS) is 13.9. The summed E-state index contributed by atoms with van der Waals surface area (Å²) in [4.78, 5) is 73.2. The van der Waals surface area contributed by atoms with Gasteiger partial charge in [0.15, 0.2) is 12.2 Å². The van der Waals surface area contributed by atoms with Crippen molar-refractivity contribution in [2.45, 2.75) is 464 Å². The van der Waals surface area contributed by atoms with Gasteiger partial charge in [-0.1, -0.05) is 395 Å². The second-order valence-electron chi connectivity index (χ2n) is 31.2. The molecule has 19 heteroatoms. The number of carbonyl (C=O) groups excluding carboxylic acids is 4. The first-order chi connectivity index (χ1) is 49.9. The first kappa shape index (κ1) is 101. The van der Waals surface area contributed by atoms with Crippen molar-refractivity contribution >= 4 is 39.5 Å². The highest BCUT2D eigenvalue weighted by molar-refractivity contribution is 7.47. The van der Waals surface area contributed by atoms with E-state index in [9.17, 15) is 43.2 Å².